The Balaban J connectivity index is 1.76. The van der Waals surface area contributed by atoms with Crippen molar-refractivity contribution in [2.45, 2.75) is 26.4 Å². The Kier molecular flexibility index (Phi) is 4.28. The highest BCUT2D eigenvalue weighted by atomic mass is 35.5. The number of hydrogen-bond donors (Lipinski definition) is 0. The Morgan fingerprint density at radius 1 is 1.08 bits per heavy atom. The summed E-state index contributed by atoms with van der Waals surface area (Å²) in [7, 11) is 0. The molecule has 0 saturated carbocycles. The number of imidazole rings is 2. The van der Waals surface area contributed by atoms with E-state index in [1.807, 2.05) is 42.7 Å². The van der Waals surface area contributed by atoms with Crippen molar-refractivity contribution >= 4 is 22.6 Å². The number of rotatable bonds is 5. The van der Waals surface area contributed by atoms with E-state index in [2.05, 4.69) is 39.2 Å². The summed E-state index contributed by atoms with van der Waals surface area (Å²) >= 11 is 6.14. The third-order valence-electron chi connectivity index (χ3n) is 4.29. The largest absolute Gasteiger partial charge is 0.326 e. The molecule has 4 aromatic rings. The Bertz CT molecular complexity index is 1020. The molecule has 0 unspecified atom stereocenters. The van der Waals surface area contributed by atoms with Crippen LogP contribution in [-0.2, 0) is 13.1 Å². The molecule has 2 heterocycles. The van der Waals surface area contributed by atoms with Gasteiger partial charge in [-0.05, 0) is 30.7 Å². The van der Waals surface area contributed by atoms with Crippen LogP contribution in [-0.4, -0.2) is 19.1 Å². The summed E-state index contributed by atoms with van der Waals surface area (Å²) in [5.74, 6) is 1.95. The van der Waals surface area contributed by atoms with Crippen LogP contribution in [0.1, 0.15) is 19.2 Å². The van der Waals surface area contributed by atoms with Gasteiger partial charge in [0.05, 0.1) is 17.6 Å². The van der Waals surface area contributed by atoms with Gasteiger partial charge >= 0.3 is 0 Å². The van der Waals surface area contributed by atoms with Crippen molar-refractivity contribution in [2.24, 2.45) is 0 Å². The minimum atomic E-state index is 0.677. The van der Waals surface area contributed by atoms with Crippen molar-refractivity contribution in [1.82, 2.24) is 19.1 Å². The molecule has 0 bridgehead atoms. The summed E-state index contributed by atoms with van der Waals surface area (Å²) in [5, 5.41) is 0.713. The molecule has 0 aliphatic carbocycles. The zero-order valence-corrected chi connectivity index (χ0v) is 14.8. The minimum absolute atomic E-state index is 0.677. The maximum atomic E-state index is 6.14. The van der Waals surface area contributed by atoms with Gasteiger partial charge < -0.3 is 9.13 Å². The normalized spacial score (nSPS) is 11.3. The molecular formula is C20H19ClN4. The molecule has 126 valence electrons. The molecule has 4 nitrogen and oxygen atoms in total. The van der Waals surface area contributed by atoms with E-state index >= 15 is 0 Å². The summed E-state index contributed by atoms with van der Waals surface area (Å²) in [4.78, 5) is 9.37. The predicted molar refractivity (Wildman–Crippen MR) is 102 cm³/mol. The van der Waals surface area contributed by atoms with E-state index in [1.165, 1.54) is 5.52 Å². The van der Waals surface area contributed by atoms with E-state index in [0.717, 1.165) is 35.7 Å². The highest BCUT2D eigenvalue weighted by Crippen LogP contribution is 2.23. The Morgan fingerprint density at radius 3 is 2.80 bits per heavy atom. The molecule has 0 saturated heterocycles. The van der Waals surface area contributed by atoms with Gasteiger partial charge in [-0.1, -0.05) is 42.8 Å². The van der Waals surface area contributed by atoms with Gasteiger partial charge in [0.15, 0.2) is 0 Å². The van der Waals surface area contributed by atoms with E-state index in [0.29, 0.717) is 11.6 Å². The average Bonchev–Trinajstić information content (AvgIpc) is 3.21. The molecule has 0 N–H and O–H groups in total. The molecule has 0 atom stereocenters. The van der Waals surface area contributed by atoms with Crippen molar-refractivity contribution in [3.63, 3.8) is 0 Å². The fourth-order valence-electron chi connectivity index (χ4n) is 3.20. The van der Waals surface area contributed by atoms with E-state index in [4.69, 9.17) is 16.6 Å². The highest BCUT2D eigenvalue weighted by molar-refractivity contribution is 6.30. The Morgan fingerprint density at radius 2 is 1.96 bits per heavy atom. The molecule has 5 heteroatoms. The van der Waals surface area contributed by atoms with Gasteiger partial charge in [0.1, 0.15) is 11.6 Å². The van der Waals surface area contributed by atoms with Gasteiger partial charge in [-0.2, -0.15) is 0 Å². The zero-order chi connectivity index (χ0) is 17.2. The van der Waals surface area contributed by atoms with Crippen molar-refractivity contribution in [3.8, 4) is 11.4 Å². The van der Waals surface area contributed by atoms with Crippen LogP contribution in [0, 0.1) is 0 Å². The van der Waals surface area contributed by atoms with Crippen LogP contribution >= 0.6 is 11.6 Å². The van der Waals surface area contributed by atoms with Crippen LogP contribution in [0.5, 0.6) is 0 Å². The second-order valence-corrected chi connectivity index (χ2v) is 6.49. The first kappa shape index (κ1) is 15.9. The second-order valence-electron chi connectivity index (χ2n) is 6.06. The third kappa shape index (κ3) is 3.05. The van der Waals surface area contributed by atoms with Gasteiger partial charge in [-0.3, -0.25) is 0 Å². The number of aromatic nitrogens is 4. The van der Waals surface area contributed by atoms with Gasteiger partial charge in [0, 0.05) is 29.5 Å². The van der Waals surface area contributed by atoms with Gasteiger partial charge in [0.25, 0.3) is 0 Å². The van der Waals surface area contributed by atoms with Crippen molar-refractivity contribution < 1.29 is 0 Å². The van der Waals surface area contributed by atoms with Gasteiger partial charge in [-0.25, -0.2) is 9.97 Å². The monoisotopic (exact) mass is 350 g/mol. The summed E-state index contributed by atoms with van der Waals surface area (Å²) in [6.07, 6.45) is 4.88. The van der Waals surface area contributed by atoms with E-state index in [9.17, 15) is 0 Å². The Labute approximate surface area is 151 Å². The van der Waals surface area contributed by atoms with Crippen LogP contribution in [0.3, 0.4) is 0 Å². The first-order valence-electron chi connectivity index (χ1n) is 8.47. The van der Waals surface area contributed by atoms with Crippen LogP contribution < -0.4 is 0 Å². The van der Waals surface area contributed by atoms with Crippen LogP contribution in [0.15, 0.2) is 60.9 Å². The lowest BCUT2D eigenvalue weighted by molar-refractivity contribution is 0.627. The summed E-state index contributed by atoms with van der Waals surface area (Å²) < 4.78 is 4.43. The van der Waals surface area contributed by atoms with E-state index in [-0.39, 0.29) is 0 Å². The highest BCUT2D eigenvalue weighted by Gasteiger charge is 2.13. The van der Waals surface area contributed by atoms with E-state index < -0.39 is 0 Å². The van der Waals surface area contributed by atoms with Crippen LogP contribution in [0.4, 0.5) is 0 Å². The molecule has 0 spiro atoms. The van der Waals surface area contributed by atoms with Crippen LogP contribution in [0.2, 0.25) is 5.02 Å². The van der Waals surface area contributed by atoms with Gasteiger partial charge in [0.2, 0.25) is 0 Å². The zero-order valence-electron chi connectivity index (χ0n) is 14.1. The topological polar surface area (TPSA) is 35.6 Å². The second kappa shape index (κ2) is 6.73. The lowest BCUT2D eigenvalue weighted by Gasteiger charge is -2.11. The molecule has 0 aliphatic heterocycles. The fourth-order valence-corrected chi connectivity index (χ4v) is 3.39. The molecular weight excluding hydrogens is 332 g/mol. The number of hydrogen-bond acceptors (Lipinski definition) is 2. The number of fused-ring (bicyclic) bond motifs is 1. The number of aryl methyl sites for hydroxylation is 1. The fraction of sp³-hybridized carbons (Fsp3) is 0.200. The molecule has 4 rings (SSSR count). The molecule has 0 amide bonds. The number of benzene rings is 2. The standard InChI is InChI=1S/C20H19ClN4/c1-2-11-25-18-9-4-3-8-17(18)23-19(25)14-24-12-10-22-20(24)15-6-5-7-16(21)13-15/h3-10,12-13H,2,11,14H2,1H3. The molecule has 2 aromatic carbocycles. The van der Waals surface area contributed by atoms with E-state index in [1.54, 1.807) is 0 Å². The van der Waals surface area contributed by atoms with Crippen LogP contribution in [0.25, 0.3) is 22.4 Å². The number of halogens is 1. The van der Waals surface area contributed by atoms with Crippen molar-refractivity contribution in [2.75, 3.05) is 0 Å². The maximum Gasteiger partial charge on any atom is 0.140 e. The predicted octanol–water partition coefficient (Wildman–Crippen LogP) is 5.01. The molecule has 0 fully saturated rings. The first-order valence-corrected chi connectivity index (χ1v) is 8.85. The maximum absolute atomic E-state index is 6.14. The van der Waals surface area contributed by atoms with Gasteiger partial charge in [-0.15, -0.1) is 0 Å². The molecule has 2 aromatic heterocycles. The summed E-state index contributed by atoms with van der Waals surface area (Å²) in [6, 6.07) is 16.1. The van der Waals surface area contributed by atoms with Crippen molar-refractivity contribution in [3.05, 3.63) is 71.8 Å². The lowest BCUT2D eigenvalue weighted by Crippen LogP contribution is -2.09. The number of nitrogens with zero attached hydrogens (tertiary/aromatic N) is 4. The third-order valence-corrected chi connectivity index (χ3v) is 4.53. The molecule has 25 heavy (non-hydrogen) atoms. The first-order chi connectivity index (χ1) is 12.3. The lowest BCUT2D eigenvalue weighted by atomic mass is 10.2. The summed E-state index contributed by atoms with van der Waals surface area (Å²) in [5.41, 5.74) is 3.23. The van der Waals surface area contributed by atoms with Crippen molar-refractivity contribution in [1.29, 1.82) is 0 Å². The SMILES string of the molecule is CCCn1c(Cn2ccnc2-c2cccc(Cl)c2)nc2ccccc21. The minimum Gasteiger partial charge on any atom is -0.326 e. The molecule has 0 radical (unpaired) electrons. The number of para-hydroxylation sites is 2. The average molecular weight is 351 g/mol. The quantitative estimate of drug-likeness (QED) is 0.507. The smallest absolute Gasteiger partial charge is 0.140 e. The summed E-state index contributed by atoms with van der Waals surface area (Å²) in [6.45, 7) is 3.82. The Hall–Kier alpha value is -2.59. The molecule has 0 aliphatic rings.